The van der Waals surface area contributed by atoms with Crippen molar-refractivity contribution in [3.63, 3.8) is 0 Å². The van der Waals surface area contributed by atoms with Gasteiger partial charge in [-0.05, 0) is 23.3 Å². The number of nitrogens with one attached hydrogen (secondary N) is 1. The number of hydrogen-bond acceptors (Lipinski definition) is 3. The van der Waals surface area contributed by atoms with Crippen LogP contribution in [-0.2, 0) is 6.54 Å². The number of halogens is 3. The van der Waals surface area contributed by atoms with Crippen LogP contribution in [0, 0.1) is 0 Å². The van der Waals surface area contributed by atoms with Crippen LogP contribution in [0.25, 0.3) is 0 Å². The summed E-state index contributed by atoms with van der Waals surface area (Å²) in [6, 6.07) is 14.9. The second-order valence-corrected chi connectivity index (χ2v) is 6.03. The normalized spacial score (nSPS) is 13.2. The summed E-state index contributed by atoms with van der Waals surface area (Å²) in [4.78, 5) is 6.28. The van der Waals surface area contributed by atoms with E-state index in [-0.39, 0.29) is 12.3 Å². The zero-order valence-electron chi connectivity index (χ0n) is 15.1. The zero-order chi connectivity index (χ0) is 19.9. The van der Waals surface area contributed by atoms with Crippen molar-refractivity contribution >= 4 is 5.96 Å². The van der Waals surface area contributed by atoms with Gasteiger partial charge < -0.3 is 20.1 Å². The quantitative estimate of drug-likeness (QED) is 0.595. The Labute approximate surface area is 156 Å². The van der Waals surface area contributed by atoms with Crippen LogP contribution in [0.1, 0.15) is 17.2 Å². The fourth-order valence-electron chi connectivity index (χ4n) is 2.30. The smallest absolute Gasteiger partial charge is 0.406 e. The first-order chi connectivity index (χ1) is 12.7. The lowest BCUT2D eigenvalue weighted by atomic mass is 10.1. The van der Waals surface area contributed by atoms with Crippen molar-refractivity contribution in [1.29, 1.82) is 0 Å². The summed E-state index contributed by atoms with van der Waals surface area (Å²) in [5.74, 6) is 0.264. The first-order valence-electron chi connectivity index (χ1n) is 8.28. The maximum Gasteiger partial charge on any atom is 0.573 e. The molecule has 0 bridgehead atoms. The molecule has 0 fully saturated rings. The average molecular weight is 381 g/mol. The maximum atomic E-state index is 12.2. The van der Waals surface area contributed by atoms with E-state index in [1.54, 1.807) is 4.90 Å². The Morgan fingerprint density at radius 1 is 1.11 bits per heavy atom. The van der Waals surface area contributed by atoms with E-state index in [0.717, 1.165) is 5.56 Å². The fraction of sp³-hybridized carbons (Fsp3) is 0.316. The predicted molar refractivity (Wildman–Crippen MR) is 97.4 cm³/mol. The number of aliphatic hydroxyl groups excluding tert-OH is 1. The highest BCUT2D eigenvalue weighted by atomic mass is 19.4. The molecule has 0 aliphatic heterocycles. The third-order valence-corrected chi connectivity index (χ3v) is 3.63. The molecule has 0 aromatic heterocycles. The molecule has 2 aromatic rings. The number of guanidine groups is 1. The summed E-state index contributed by atoms with van der Waals surface area (Å²) in [6.45, 7) is 0.645. The van der Waals surface area contributed by atoms with Gasteiger partial charge in [0.05, 0.1) is 12.6 Å². The van der Waals surface area contributed by atoms with Gasteiger partial charge >= 0.3 is 6.36 Å². The first-order valence-corrected chi connectivity index (χ1v) is 8.28. The van der Waals surface area contributed by atoms with Gasteiger partial charge in [-0.3, -0.25) is 0 Å². The highest BCUT2D eigenvalue weighted by molar-refractivity contribution is 5.79. The van der Waals surface area contributed by atoms with Gasteiger partial charge in [0.25, 0.3) is 0 Å². The molecule has 1 unspecified atom stereocenters. The summed E-state index contributed by atoms with van der Waals surface area (Å²) < 4.78 is 40.4. The number of ether oxygens (including phenoxy) is 1. The molecular weight excluding hydrogens is 359 g/mol. The van der Waals surface area contributed by atoms with Crippen molar-refractivity contribution in [1.82, 2.24) is 10.2 Å². The van der Waals surface area contributed by atoms with E-state index in [9.17, 15) is 18.3 Å². The van der Waals surface area contributed by atoms with Crippen LogP contribution < -0.4 is 10.1 Å². The van der Waals surface area contributed by atoms with E-state index in [2.05, 4.69) is 15.0 Å². The lowest BCUT2D eigenvalue weighted by molar-refractivity contribution is -0.274. The number of aliphatic imine (C=N–C) groups is 1. The number of benzene rings is 2. The van der Waals surface area contributed by atoms with E-state index >= 15 is 0 Å². The second-order valence-electron chi connectivity index (χ2n) is 6.03. The topological polar surface area (TPSA) is 57.1 Å². The van der Waals surface area contributed by atoms with Gasteiger partial charge in [-0.25, -0.2) is 4.99 Å². The third-order valence-electron chi connectivity index (χ3n) is 3.63. The largest absolute Gasteiger partial charge is 0.573 e. The molecule has 0 spiro atoms. The number of aliphatic hydroxyl groups is 1. The number of hydrogen-bond donors (Lipinski definition) is 2. The first kappa shape index (κ1) is 20.6. The molecule has 5 nitrogen and oxygen atoms in total. The van der Waals surface area contributed by atoms with E-state index in [1.165, 1.54) is 24.3 Å². The molecule has 0 amide bonds. The monoisotopic (exact) mass is 381 g/mol. The highest BCUT2D eigenvalue weighted by Crippen LogP contribution is 2.24. The lowest BCUT2D eigenvalue weighted by Gasteiger charge is -2.20. The molecular formula is C19H22F3N3O2. The molecule has 2 rings (SSSR count). The number of alkyl halides is 3. The average Bonchev–Trinajstić information content (AvgIpc) is 2.61. The van der Waals surface area contributed by atoms with Crippen LogP contribution in [0.15, 0.2) is 59.6 Å². The second kappa shape index (κ2) is 9.27. The van der Waals surface area contributed by atoms with E-state index in [1.807, 2.05) is 44.4 Å². The molecule has 0 aliphatic carbocycles. The van der Waals surface area contributed by atoms with E-state index in [0.29, 0.717) is 18.1 Å². The summed E-state index contributed by atoms with van der Waals surface area (Å²) in [5.41, 5.74) is 1.53. The Kier molecular flexibility index (Phi) is 7.06. The number of nitrogens with zero attached hydrogens (tertiary/aromatic N) is 2. The minimum atomic E-state index is -4.74. The van der Waals surface area contributed by atoms with Gasteiger partial charge in [-0.1, -0.05) is 42.5 Å². The van der Waals surface area contributed by atoms with Gasteiger partial charge in [0.2, 0.25) is 0 Å². The van der Waals surface area contributed by atoms with Crippen molar-refractivity contribution in [3.05, 3.63) is 65.7 Å². The Morgan fingerprint density at radius 3 is 2.30 bits per heavy atom. The Balaban J connectivity index is 1.94. The molecule has 8 heteroatoms. The Morgan fingerprint density at radius 2 is 1.74 bits per heavy atom. The molecule has 2 N–H and O–H groups in total. The molecule has 0 saturated carbocycles. The van der Waals surface area contributed by atoms with Crippen LogP contribution in [0.4, 0.5) is 13.2 Å². The van der Waals surface area contributed by atoms with Crippen molar-refractivity contribution < 1.29 is 23.0 Å². The van der Waals surface area contributed by atoms with Crippen molar-refractivity contribution in [3.8, 4) is 5.75 Å². The summed E-state index contributed by atoms with van der Waals surface area (Å²) in [5, 5.41) is 13.3. The molecule has 2 aromatic carbocycles. The molecule has 146 valence electrons. The van der Waals surface area contributed by atoms with Crippen molar-refractivity contribution in [2.45, 2.75) is 19.0 Å². The standard InChI is InChI=1S/C19H22F3N3O2/c1-25(2)18(23-12-14-6-4-3-5-7-14)24-13-17(26)15-8-10-16(11-9-15)27-19(20,21)22/h3-11,17,26H,12-13H2,1-2H3,(H,23,24). The third kappa shape index (κ3) is 7.18. The Bertz CT molecular complexity index is 732. The number of rotatable bonds is 6. The van der Waals surface area contributed by atoms with Crippen LogP contribution in [0.2, 0.25) is 0 Å². The minimum Gasteiger partial charge on any atom is -0.406 e. The van der Waals surface area contributed by atoms with E-state index in [4.69, 9.17) is 0 Å². The molecule has 0 saturated heterocycles. The van der Waals surface area contributed by atoms with Crippen LogP contribution in [0.5, 0.6) is 5.75 Å². The Hall–Kier alpha value is -2.74. The molecule has 0 aliphatic rings. The fourth-order valence-corrected chi connectivity index (χ4v) is 2.30. The summed E-state index contributed by atoms with van der Waals surface area (Å²) in [6.07, 6.45) is -5.65. The maximum absolute atomic E-state index is 12.2. The highest BCUT2D eigenvalue weighted by Gasteiger charge is 2.31. The van der Waals surface area contributed by atoms with Gasteiger partial charge in [0.15, 0.2) is 5.96 Å². The van der Waals surface area contributed by atoms with Crippen LogP contribution >= 0.6 is 0 Å². The van der Waals surface area contributed by atoms with Crippen LogP contribution in [-0.4, -0.2) is 43.0 Å². The van der Waals surface area contributed by atoms with Crippen LogP contribution in [0.3, 0.4) is 0 Å². The molecule has 1 atom stereocenters. The molecule has 0 heterocycles. The molecule has 27 heavy (non-hydrogen) atoms. The van der Waals surface area contributed by atoms with Gasteiger partial charge in [0, 0.05) is 20.6 Å². The van der Waals surface area contributed by atoms with Gasteiger partial charge in [0.1, 0.15) is 5.75 Å². The zero-order valence-corrected chi connectivity index (χ0v) is 15.1. The minimum absolute atomic E-state index is 0.158. The lowest BCUT2D eigenvalue weighted by Crippen LogP contribution is -2.38. The summed E-state index contributed by atoms with van der Waals surface area (Å²) in [7, 11) is 3.65. The predicted octanol–water partition coefficient (Wildman–Crippen LogP) is 3.33. The molecule has 0 radical (unpaired) electrons. The van der Waals surface area contributed by atoms with Gasteiger partial charge in [-0.15, -0.1) is 13.2 Å². The van der Waals surface area contributed by atoms with Crippen molar-refractivity contribution in [2.75, 3.05) is 20.6 Å². The van der Waals surface area contributed by atoms with Crippen molar-refractivity contribution in [2.24, 2.45) is 4.99 Å². The van der Waals surface area contributed by atoms with E-state index < -0.39 is 12.5 Å². The summed E-state index contributed by atoms with van der Waals surface area (Å²) >= 11 is 0. The SMILES string of the molecule is CN(C)C(=NCc1ccccc1)NCC(O)c1ccc(OC(F)(F)F)cc1. The van der Waals surface area contributed by atoms with Gasteiger partial charge in [-0.2, -0.15) is 0 Å².